The summed E-state index contributed by atoms with van der Waals surface area (Å²) >= 11 is 8.02. The molecular weight excluding hydrogens is 410 g/mol. The number of hydrogen-bond donors (Lipinski definition) is 0. The number of benzene rings is 2. The van der Waals surface area contributed by atoms with Crippen molar-refractivity contribution in [1.82, 2.24) is 14.8 Å². The number of halogens is 1. The highest BCUT2D eigenvalue weighted by molar-refractivity contribution is 7.18. The molecule has 0 spiro atoms. The van der Waals surface area contributed by atoms with Gasteiger partial charge >= 0.3 is 0 Å². The van der Waals surface area contributed by atoms with Crippen molar-refractivity contribution < 1.29 is 14.3 Å². The molecule has 8 heteroatoms. The van der Waals surface area contributed by atoms with Crippen LogP contribution >= 0.6 is 22.9 Å². The van der Waals surface area contributed by atoms with Crippen molar-refractivity contribution in [1.29, 1.82) is 0 Å². The Morgan fingerprint density at radius 3 is 2.72 bits per heavy atom. The fraction of sp³-hybridized carbons (Fsp3) is 0.333. The van der Waals surface area contributed by atoms with Gasteiger partial charge in [0.25, 0.3) is 5.91 Å². The molecule has 1 fully saturated rings. The number of amides is 1. The monoisotopic (exact) mass is 429 g/mol. The van der Waals surface area contributed by atoms with Crippen molar-refractivity contribution >= 4 is 39.1 Å². The molecule has 0 N–H and O–H groups in total. The number of thiazole rings is 1. The van der Waals surface area contributed by atoms with Gasteiger partial charge < -0.3 is 14.4 Å². The van der Waals surface area contributed by atoms with Crippen LogP contribution in [0.2, 0.25) is 5.02 Å². The Morgan fingerprint density at radius 1 is 1.10 bits per heavy atom. The second-order valence-electron chi connectivity index (χ2n) is 7.13. The van der Waals surface area contributed by atoms with E-state index in [0.717, 1.165) is 30.2 Å². The molecule has 0 atom stereocenters. The first-order chi connectivity index (χ1) is 14.2. The summed E-state index contributed by atoms with van der Waals surface area (Å²) in [6, 6.07) is 11.6. The third kappa shape index (κ3) is 3.77. The highest BCUT2D eigenvalue weighted by Crippen LogP contribution is 2.38. The van der Waals surface area contributed by atoms with E-state index >= 15 is 0 Å². The van der Waals surface area contributed by atoms with Crippen LogP contribution in [-0.2, 0) is 6.54 Å². The Hall–Kier alpha value is -2.35. The second-order valence-corrected chi connectivity index (χ2v) is 8.65. The molecule has 5 rings (SSSR count). The minimum atomic E-state index is -0.0245. The minimum Gasteiger partial charge on any atom is -0.486 e. The van der Waals surface area contributed by atoms with Gasteiger partial charge in [-0.05, 0) is 24.3 Å². The zero-order valence-corrected chi connectivity index (χ0v) is 17.3. The van der Waals surface area contributed by atoms with Gasteiger partial charge in [-0.1, -0.05) is 23.7 Å². The summed E-state index contributed by atoms with van der Waals surface area (Å²) < 4.78 is 12.3. The normalized spacial score (nSPS) is 16.9. The van der Waals surface area contributed by atoms with E-state index < -0.39 is 0 Å². The van der Waals surface area contributed by atoms with E-state index in [9.17, 15) is 4.79 Å². The van der Waals surface area contributed by atoms with Crippen LogP contribution in [0.25, 0.3) is 10.2 Å². The number of aromatic nitrogens is 1. The Balaban J connectivity index is 1.23. The van der Waals surface area contributed by atoms with Crippen LogP contribution in [0.4, 0.5) is 0 Å². The zero-order chi connectivity index (χ0) is 19.8. The molecule has 2 aliphatic rings. The second kappa shape index (κ2) is 7.82. The van der Waals surface area contributed by atoms with Gasteiger partial charge in [0.1, 0.15) is 18.2 Å². The van der Waals surface area contributed by atoms with Crippen molar-refractivity contribution in [3.8, 4) is 11.5 Å². The van der Waals surface area contributed by atoms with Crippen LogP contribution in [0.5, 0.6) is 11.5 Å². The average molecular weight is 430 g/mol. The molecule has 3 heterocycles. The lowest BCUT2D eigenvalue weighted by atomic mass is 10.1. The highest BCUT2D eigenvalue weighted by atomic mass is 35.5. The third-order valence-corrected chi connectivity index (χ3v) is 6.50. The minimum absolute atomic E-state index is 0.0245. The molecule has 2 aromatic carbocycles. The van der Waals surface area contributed by atoms with E-state index in [4.69, 9.17) is 26.1 Å². The van der Waals surface area contributed by atoms with Crippen LogP contribution in [0.1, 0.15) is 15.4 Å². The highest BCUT2D eigenvalue weighted by Gasteiger charge is 2.25. The maximum Gasteiger partial charge on any atom is 0.254 e. The van der Waals surface area contributed by atoms with E-state index in [1.165, 1.54) is 4.70 Å². The van der Waals surface area contributed by atoms with Gasteiger partial charge in [-0.3, -0.25) is 9.69 Å². The van der Waals surface area contributed by atoms with E-state index in [2.05, 4.69) is 11.0 Å². The van der Waals surface area contributed by atoms with Gasteiger partial charge in [0, 0.05) is 31.7 Å². The number of ether oxygens (including phenoxy) is 2. The van der Waals surface area contributed by atoms with Gasteiger partial charge in [-0.2, -0.15) is 0 Å². The smallest absolute Gasteiger partial charge is 0.254 e. The molecule has 1 amide bonds. The molecule has 0 unspecified atom stereocenters. The fourth-order valence-corrected chi connectivity index (χ4v) is 4.98. The molecule has 3 aromatic rings. The van der Waals surface area contributed by atoms with Gasteiger partial charge in [0.05, 0.1) is 21.8 Å². The number of piperazine rings is 1. The first-order valence-electron chi connectivity index (χ1n) is 9.62. The van der Waals surface area contributed by atoms with Crippen LogP contribution in [0.3, 0.4) is 0 Å². The summed E-state index contributed by atoms with van der Waals surface area (Å²) in [4.78, 5) is 21.9. The van der Waals surface area contributed by atoms with E-state index in [1.54, 1.807) is 23.5 Å². The maximum atomic E-state index is 13.0. The predicted molar refractivity (Wildman–Crippen MR) is 113 cm³/mol. The largest absolute Gasteiger partial charge is 0.486 e. The van der Waals surface area contributed by atoms with Crippen LogP contribution in [0, 0.1) is 0 Å². The topological polar surface area (TPSA) is 54.9 Å². The summed E-state index contributed by atoms with van der Waals surface area (Å²) in [5.41, 5.74) is 1.59. The summed E-state index contributed by atoms with van der Waals surface area (Å²) in [5, 5.41) is 1.53. The molecule has 29 heavy (non-hydrogen) atoms. The fourth-order valence-electron chi connectivity index (χ4n) is 3.70. The van der Waals surface area contributed by atoms with Crippen LogP contribution < -0.4 is 9.47 Å². The number of hydrogen-bond acceptors (Lipinski definition) is 6. The van der Waals surface area contributed by atoms with Gasteiger partial charge in [0.2, 0.25) is 0 Å². The predicted octanol–water partition coefficient (Wildman–Crippen LogP) is 3.68. The lowest BCUT2D eigenvalue weighted by Gasteiger charge is -2.34. The van der Waals surface area contributed by atoms with Crippen LogP contribution in [0.15, 0.2) is 36.4 Å². The molecule has 150 valence electrons. The van der Waals surface area contributed by atoms with Crippen molar-refractivity contribution in [2.45, 2.75) is 6.54 Å². The van der Waals surface area contributed by atoms with Gasteiger partial charge in [-0.15, -0.1) is 11.3 Å². The Morgan fingerprint density at radius 2 is 1.90 bits per heavy atom. The number of carbonyl (C=O) groups excluding carboxylic acids is 1. The molecule has 0 bridgehead atoms. The SMILES string of the molecule is O=C(c1cc(Cl)c2c(c1)OCCO2)N1CCN(Cc2nc3ccccc3s2)CC1. The summed E-state index contributed by atoms with van der Waals surface area (Å²) in [5.74, 6) is 1.04. The number of fused-ring (bicyclic) bond motifs is 2. The lowest BCUT2D eigenvalue weighted by molar-refractivity contribution is 0.0627. The molecular formula is C21H20ClN3O3S. The van der Waals surface area contributed by atoms with E-state index in [-0.39, 0.29) is 5.91 Å². The lowest BCUT2D eigenvalue weighted by Crippen LogP contribution is -2.48. The summed E-state index contributed by atoms with van der Waals surface area (Å²) in [7, 11) is 0. The number of carbonyl (C=O) groups is 1. The molecule has 1 saturated heterocycles. The van der Waals surface area contributed by atoms with Gasteiger partial charge in [-0.25, -0.2) is 4.98 Å². The maximum absolute atomic E-state index is 13.0. The van der Waals surface area contributed by atoms with Crippen molar-refractivity contribution in [3.05, 3.63) is 52.0 Å². The molecule has 0 aliphatic carbocycles. The Labute approximate surface area is 177 Å². The Kier molecular flexibility index (Phi) is 5.03. The number of rotatable bonds is 3. The van der Waals surface area contributed by atoms with Crippen molar-refractivity contribution in [2.24, 2.45) is 0 Å². The molecule has 6 nitrogen and oxygen atoms in total. The zero-order valence-electron chi connectivity index (χ0n) is 15.8. The van der Waals surface area contributed by atoms with Crippen molar-refractivity contribution in [3.63, 3.8) is 0 Å². The van der Waals surface area contributed by atoms with Crippen LogP contribution in [-0.4, -0.2) is 60.1 Å². The first kappa shape index (κ1) is 18.7. The Bertz CT molecular complexity index is 1030. The first-order valence-corrected chi connectivity index (χ1v) is 10.8. The summed E-state index contributed by atoms with van der Waals surface area (Å²) in [6.45, 7) is 4.74. The average Bonchev–Trinajstić information content (AvgIpc) is 3.16. The van der Waals surface area contributed by atoms with Gasteiger partial charge in [0.15, 0.2) is 11.5 Å². The van der Waals surface area contributed by atoms with E-state index in [0.29, 0.717) is 48.4 Å². The molecule has 0 radical (unpaired) electrons. The third-order valence-electron chi connectivity index (χ3n) is 5.20. The molecule has 1 aromatic heterocycles. The van der Waals surface area contributed by atoms with E-state index in [1.807, 2.05) is 23.1 Å². The quantitative estimate of drug-likeness (QED) is 0.635. The molecule has 2 aliphatic heterocycles. The number of para-hydroxylation sites is 1. The molecule has 0 saturated carbocycles. The standard InChI is InChI=1S/C21H20ClN3O3S/c22-15-11-14(12-17-20(15)28-10-9-27-17)21(26)25-7-5-24(6-8-25)13-19-23-16-3-1-2-4-18(16)29-19/h1-4,11-12H,5-10,13H2. The number of nitrogens with zero attached hydrogens (tertiary/aromatic N) is 3. The summed E-state index contributed by atoms with van der Waals surface area (Å²) in [6.07, 6.45) is 0. The van der Waals surface area contributed by atoms with Crippen molar-refractivity contribution in [2.75, 3.05) is 39.4 Å².